The van der Waals surface area contributed by atoms with E-state index < -0.39 is 6.36 Å². The monoisotopic (exact) mass is 302 g/mol. The molecule has 0 bridgehead atoms. The van der Waals surface area contributed by atoms with Crippen LogP contribution in [-0.4, -0.2) is 36.9 Å². The molecule has 1 aliphatic heterocycles. The third-order valence-corrected chi connectivity index (χ3v) is 3.96. The second-order valence-corrected chi connectivity index (χ2v) is 5.27. The van der Waals surface area contributed by atoms with Gasteiger partial charge in [-0.1, -0.05) is 19.1 Å². The summed E-state index contributed by atoms with van der Waals surface area (Å²) in [5.74, 6) is -0.177. The van der Waals surface area contributed by atoms with Gasteiger partial charge < -0.3 is 10.1 Å². The van der Waals surface area contributed by atoms with Crippen LogP contribution in [0.15, 0.2) is 24.3 Å². The molecule has 118 valence electrons. The number of rotatable bonds is 5. The largest absolute Gasteiger partial charge is 0.573 e. The van der Waals surface area contributed by atoms with E-state index in [4.69, 9.17) is 0 Å². The van der Waals surface area contributed by atoms with Gasteiger partial charge in [0.05, 0.1) is 0 Å². The summed E-state index contributed by atoms with van der Waals surface area (Å²) in [6.07, 6.45) is -3.54. The Bertz CT molecular complexity index is 441. The normalized spacial score (nSPS) is 20.8. The number of benzene rings is 1. The minimum Gasteiger partial charge on any atom is -0.406 e. The lowest BCUT2D eigenvalue weighted by Gasteiger charge is -2.33. The number of ether oxygens (including phenoxy) is 1. The molecule has 0 aromatic heterocycles. The van der Waals surface area contributed by atoms with Crippen molar-refractivity contribution in [2.45, 2.75) is 38.7 Å². The minimum absolute atomic E-state index is 0.167. The summed E-state index contributed by atoms with van der Waals surface area (Å²) in [6.45, 7) is 7.09. The van der Waals surface area contributed by atoms with E-state index in [-0.39, 0.29) is 11.8 Å². The zero-order valence-electron chi connectivity index (χ0n) is 12.3. The third-order valence-electron chi connectivity index (χ3n) is 3.96. The molecule has 1 aliphatic rings. The fourth-order valence-electron chi connectivity index (χ4n) is 2.91. The lowest BCUT2D eigenvalue weighted by Crippen LogP contribution is -2.38. The molecule has 1 N–H and O–H groups in total. The predicted octanol–water partition coefficient (Wildman–Crippen LogP) is 3.33. The van der Waals surface area contributed by atoms with Gasteiger partial charge in [-0.2, -0.15) is 0 Å². The van der Waals surface area contributed by atoms with Crippen molar-refractivity contribution in [3.8, 4) is 5.75 Å². The summed E-state index contributed by atoms with van der Waals surface area (Å²) < 4.78 is 40.4. The van der Waals surface area contributed by atoms with Crippen LogP contribution in [0.3, 0.4) is 0 Å². The first-order valence-corrected chi connectivity index (χ1v) is 7.23. The van der Waals surface area contributed by atoms with Gasteiger partial charge in [0.15, 0.2) is 0 Å². The molecule has 2 atom stereocenters. The standard InChI is InChI=1S/C15H21F3N2O/c1-3-20(13-8-9-19-10-13)11(2)12-4-6-14(7-5-12)21-15(16,17)18/h4-7,11,13,19H,3,8-10H2,1-2H3. The fraction of sp³-hybridized carbons (Fsp3) is 0.600. The zero-order valence-corrected chi connectivity index (χ0v) is 12.3. The summed E-state index contributed by atoms with van der Waals surface area (Å²) in [5.41, 5.74) is 0.998. The van der Waals surface area contributed by atoms with Crippen molar-refractivity contribution in [3.63, 3.8) is 0 Å². The number of hydrogen-bond acceptors (Lipinski definition) is 3. The van der Waals surface area contributed by atoms with E-state index in [1.165, 1.54) is 12.1 Å². The van der Waals surface area contributed by atoms with E-state index in [2.05, 4.69) is 28.8 Å². The molecule has 0 spiro atoms. The van der Waals surface area contributed by atoms with Crippen LogP contribution in [0.1, 0.15) is 31.9 Å². The molecule has 6 heteroatoms. The Labute approximate surface area is 123 Å². The predicted molar refractivity (Wildman–Crippen MR) is 75.2 cm³/mol. The Kier molecular flexibility index (Phi) is 5.11. The first kappa shape index (κ1) is 16.1. The van der Waals surface area contributed by atoms with Crippen LogP contribution in [0.25, 0.3) is 0 Å². The molecule has 0 amide bonds. The fourth-order valence-corrected chi connectivity index (χ4v) is 2.91. The average Bonchev–Trinajstić information content (AvgIpc) is 2.92. The first-order chi connectivity index (χ1) is 9.90. The molecule has 1 fully saturated rings. The maximum atomic E-state index is 12.2. The summed E-state index contributed by atoms with van der Waals surface area (Å²) in [6, 6.07) is 6.81. The van der Waals surface area contributed by atoms with Gasteiger partial charge in [0.2, 0.25) is 0 Å². The molecule has 1 heterocycles. The molecule has 1 aromatic carbocycles. The van der Waals surface area contributed by atoms with E-state index in [9.17, 15) is 13.2 Å². The van der Waals surface area contributed by atoms with Crippen molar-refractivity contribution >= 4 is 0 Å². The number of hydrogen-bond donors (Lipinski definition) is 1. The van der Waals surface area contributed by atoms with Crippen LogP contribution in [0.2, 0.25) is 0 Å². The van der Waals surface area contributed by atoms with Crippen LogP contribution in [0.5, 0.6) is 5.75 Å². The molecule has 2 unspecified atom stereocenters. The molecule has 0 aliphatic carbocycles. The Morgan fingerprint density at radius 2 is 2.00 bits per heavy atom. The lowest BCUT2D eigenvalue weighted by atomic mass is 10.0. The maximum Gasteiger partial charge on any atom is 0.573 e. The summed E-state index contributed by atoms with van der Waals surface area (Å²) in [4.78, 5) is 2.37. The van der Waals surface area contributed by atoms with Gasteiger partial charge in [-0.15, -0.1) is 13.2 Å². The van der Waals surface area contributed by atoms with Crippen molar-refractivity contribution in [2.24, 2.45) is 0 Å². The van der Waals surface area contributed by atoms with Crippen LogP contribution in [-0.2, 0) is 0 Å². The molecule has 2 rings (SSSR count). The molecule has 1 aromatic rings. The molecule has 0 saturated carbocycles. The van der Waals surface area contributed by atoms with Gasteiger partial charge in [0, 0.05) is 18.6 Å². The van der Waals surface area contributed by atoms with Crippen molar-refractivity contribution in [3.05, 3.63) is 29.8 Å². The van der Waals surface area contributed by atoms with Crippen LogP contribution < -0.4 is 10.1 Å². The van der Waals surface area contributed by atoms with E-state index in [1.54, 1.807) is 12.1 Å². The minimum atomic E-state index is -4.64. The smallest absolute Gasteiger partial charge is 0.406 e. The lowest BCUT2D eigenvalue weighted by molar-refractivity contribution is -0.274. The van der Waals surface area contributed by atoms with Gasteiger partial charge in [-0.3, -0.25) is 4.90 Å². The zero-order chi connectivity index (χ0) is 15.5. The first-order valence-electron chi connectivity index (χ1n) is 7.23. The van der Waals surface area contributed by atoms with Gasteiger partial charge in [0.1, 0.15) is 5.75 Å². The topological polar surface area (TPSA) is 24.5 Å². The highest BCUT2D eigenvalue weighted by atomic mass is 19.4. The quantitative estimate of drug-likeness (QED) is 0.903. The van der Waals surface area contributed by atoms with Crippen molar-refractivity contribution in [1.29, 1.82) is 0 Å². The van der Waals surface area contributed by atoms with Crippen molar-refractivity contribution in [1.82, 2.24) is 10.2 Å². The van der Waals surface area contributed by atoms with Gasteiger partial charge in [0.25, 0.3) is 0 Å². The Morgan fingerprint density at radius 3 is 2.48 bits per heavy atom. The highest BCUT2D eigenvalue weighted by Crippen LogP contribution is 2.28. The molecule has 3 nitrogen and oxygen atoms in total. The molecular weight excluding hydrogens is 281 g/mol. The SMILES string of the molecule is CCN(C1CCNC1)C(C)c1ccc(OC(F)(F)F)cc1. The Balaban J connectivity index is 2.06. The number of alkyl halides is 3. The van der Waals surface area contributed by atoms with Crippen LogP contribution in [0, 0.1) is 0 Å². The summed E-state index contributed by atoms with van der Waals surface area (Å²) >= 11 is 0. The molecule has 1 saturated heterocycles. The van der Waals surface area contributed by atoms with Crippen LogP contribution in [0.4, 0.5) is 13.2 Å². The number of nitrogens with one attached hydrogen (secondary N) is 1. The Hall–Kier alpha value is -1.27. The highest BCUT2D eigenvalue weighted by molar-refractivity contribution is 5.29. The molecular formula is C15H21F3N2O. The van der Waals surface area contributed by atoms with Crippen molar-refractivity contribution < 1.29 is 17.9 Å². The van der Waals surface area contributed by atoms with Crippen molar-refractivity contribution in [2.75, 3.05) is 19.6 Å². The Morgan fingerprint density at radius 1 is 1.33 bits per heavy atom. The average molecular weight is 302 g/mol. The molecule has 0 radical (unpaired) electrons. The summed E-state index contributed by atoms with van der Waals surface area (Å²) in [5, 5.41) is 3.34. The van der Waals surface area contributed by atoms with Gasteiger partial charge in [-0.05, 0) is 44.1 Å². The highest BCUT2D eigenvalue weighted by Gasteiger charge is 2.31. The second-order valence-electron chi connectivity index (χ2n) is 5.27. The molecule has 21 heavy (non-hydrogen) atoms. The van der Waals surface area contributed by atoms with Gasteiger partial charge >= 0.3 is 6.36 Å². The second kappa shape index (κ2) is 6.66. The third kappa shape index (κ3) is 4.35. The van der Waals surface area contributed by atoms with E-state index in [1.807, 2.05) is 0 Å². The maximum absolute atomic E-state index is 12.2. The van der Waals surface area contributed by atoms with E-state index >= 15 is 0 Å². The van der Waals surface area contributed by atoms with Crippen LogP contribution >= 0.6 is 0 Å². The van der Waals surface area contributed by atoms with E-state index in [0.717, 1.165) is 31.6 Å². The summed E-state index contributed by atoms with van der Waals surface area (Å²) in [7, 11) is 0. The number of halogens is 3. The van der Waals surface area contributed by atoms with E-state index in [0.29, 0.717) is 6.04 Å². The van der Waals surface area contributed by atoms with Gasteiger partial charge in [-0.25, -0.2) is 0 Å². The number of nitrogens with zero attached hydrogens (tertiary/aromatic N) is 1. The number of likely N-dealkylation sites (N-methyl/N-ethyl adjacent to an activating group) is 1.